The Morgan fingerprint density at radius 3 is 2.74 bits per heavy atom. The molecule has 1 N–H and O–H groups in total. The first kappa shape index (κ1) is 18.4. The summed E-state index contributed by atoms with van der Waals surface area (Å²) >= 11 is 3.13. The van der Waals surface area contributed by atoms with Gasteiger partial charge in [-0.15, -0.1) is 0 Å². The molecule has 2 atom stereocenters. The largest absolute Gasteiger partial charge is 0.373 e. The Kier molecular flexibility index (Phi) is 6.99. The lowest BCUT2D eigenvalue weighted by molar-refractivity contribution is -0.120. The number of hydrogen-bond donors (Lipinski definition) is 1. The summed E-state index contributed by atoms with van der Waals surface area (Å²) in [7, 11) is 0. The van der Waals surface area contributed by atoms with Crippen LogP contribution in [0.5, 0.6) is 0 Å². The number of benzene rings is 1. The summed E-state index contributed by atoms with van der Waals surface area (Å²) in [5.41, 5.74) is 0.798. The fourth-order valence-corrected chi connectivity index (χ4v) is 3.32. The fourth-order valence-electron chi connectivity index (χ4n) is 2.89. The zero-order valence-electron chi connectivity index (χ0n) is 13.6. The number of halogens is 2. The Bertz CT molecular complexity index is 531. The molecule has 6 heteroatoms. The normalized spacial score (nSPS) is 22.1. The Labute approximate surface area is 145 Å². The van der Waals surface area contributed by atoms with E-state index in [4.69, 9.17) is 4.74 Å². The molecule has 2 unspecified atom stereocenters. The highest BCUT2D eigenvalue weighted by Crippen LogP contribution is 2.17. The summed E-state index contributed by atoms with van der Waals surface area (Å²) < 4.78 is 19.2. The molecule has 0 aromatic heterocycles. The fraction of sp³-hybridized carbons (Fsp3) is 0.588. The molecule has 1 fully saturated rings. The SMILES string of the molecule is CC1CN(CCCNC(=O)Cc2ccc(F)c(Br)c2)CC(C)O1. The number of morpholine rings is 1. The number of nitrogens with zero attached hydrogens (tertiary/aromatic N) is 1. The van der Waals surface area contributed by atoms with Crippen molar-refractivity contribution in [2.45, 2.75) is 38.9 Å². The summed E-state index contributed by atoms with van der Waals surface area (Å²) in [5, 5.41) is 2.92. The predicted octanol–water partition coefficient (Wildman–Crippen LogP) is 2.75. The first-order valence-corrected chi connectivity index (χ1v) is 8.82. The van der Waals surface area contributed by atoms with Crippen LogP contribution in [-0.4, -0.2) is 49.2 Å². The highest BCUT2D eigenvalue weighted by atomic mass is 79.9. The highest BCUT2D eigenvalue weighted by Gasteiger charge is 2.21. The van der Waals surface area contributed by atoms with Gasteiger partial charge in [0.1, 0.15) is 5.82 Å². The van der Waals surface area contributed by atoms with E-state index in [2.05, 4.69) is 40.0 Å². The van der Waals surface area contributed by atoms with Crippen molar-refractivity contribution in [3.63, 3.8) is 0 Å². The lowest BCUT2D eigenvalue weighted by atomic mass is 10.1. The van der Waals surface area contributed by atoms with Gasteiger partial charge in [-0.2, -0.15) is 0 Å². The van der Waals surface area contributed by atoms with Crippen molar-refractivity contribution in [1.82, 2.24) is 10.2 Å². The van der Waals surface area contributed by atoms with Gasteiger partial charge in [0.15, 0.2) is 0 Å². The number of carbonyl (C=O) groups is 1. The Morgan fingerprint density at radius 1 is 1.39 bits per heavy atom. The molecule has 0 bridgehead atoms. The lowest BCUT2D eigenvalue weighted by Gasteiger charge is -2.35. The molecule has 128 valence electrons. The smallest absolute Gasteiger partial charge is 0.224 e. The van der Waals surface area contributed by atoms with Crippen LogP contribution in [0.1, 0.15) is 25.8 Å². The zero-order valence-corrected chi connectivity index (χ0v) is 15.2. The Hall–Kier alpha value is -0.980. The molecule has 1 aliphatic rings. The first-order valence-electron chi connectivity index (χ1n) is 8.02. The van der Waals surface area contributed by atoms with E-state index in [0.29, 0.717) is 11.0 Å². The standard InChI is InChI=1S/C17H24BrFN2O2/c1-12-10-21(11-13(2)23-12)7-3-6-20-17(22)9-14-4-5-16(19)15(18)8-14/h4-5,8,12-13H,3,6-7,9-11H2,1-2H3,(H,20,22). The molecular weight excluding hydrogens is 363 g/mol. The molecule has 0 spiro atoms. The quantitative estimate of drug-likeness (QED) is 0.764. The van der Waals surface area contributed by atoms with Gasteiger partial charge >= 0.3 is 0 Å². The molecule has 4 nitrogen and oxygen atoms in total. The van der Waals surface area contributed by atoms with Crippen molar-refractivity contribution in [3.8, 4) is 0 Å². The summed E-state index contributed by atoms with van der Waals surface area (Å²) in [6.07, 6.45) is 1.72. The van der Waals surface area contributed by atoms with Crippen molar-refractivity contribution in [1.29, 1.82) is 0 Å². The number of hydrogen-bond acceptors (Lipinski definition) is 3. The van der Waals surface area contributed by atoms with Gasteiger partial charge in [0.05, 0.1) is 23.1 Å². The van der Waals surface area contributed by atoms with E-state index < -0.39 is 0 Å². The molecule has 1 saturated heterocycles. The van der Waals surface area contributed by atoms with Crippen molar-refractivity contribution in [3.05, 3.63) is 34.1 Å². The molecule has 1 heterocycles. The molecule has 0 radical (unpaired) electrons. The van der Waals surface area contributed by atoms with Gasteiger partial charge in [0.2, 0.25) is 5.91 Å². The summed E-state index contributed by atoms with van der Waals surface area (Å²) in [5.74, 6) is -0.352. The average Bonchev–Trinajstić information content (AvgIpc) is 2.46. The average molecular weight is 387 g/mol. The topological polar surface area (TPSA) is 41.6 Å². The molecule has 0 saturated carbocycles. The van der Waals surface area contributed by atoms with E-state index >= 15 is 0 Å². The maximum atomic E-state index is 13.2. The van der Waals surface area contributed by atoms with Crippen LogP contribution >= 0.6 is 15.9 Å². The van der Waals surface area contributed by atoms with E-state index in [1.807, 2.05) is 0 Å². The van der Waals surface area contributed by atoms with Gasteiger partial charge in [-0.3, -0.25) is 9.69 Å². The van der Waals surface area contributed by atoms with Gasteiger partial charge in [0.25, 0.3) is 0 Å². The molecule has 0 aliphatic carbocycles. The van der Waals surface area contributed by atoms with Crippen LogP contribution in [0.3, 0.4) is 0 Å². The van der Waals surface area contributed by atoms with E-state index in [1.54, 1.807) is 12.1 Å². The number of rotatable bonds is 6. The van der Waals surface area contributed by atoms with Crippen LogP contribution in [0.25, 0.3) is 0 Å². The molecule has 1 aliphatic heterocycles. The van der Waals surface area contributed by atoms with Crippen LogP contribution in [0.4, 0.5) is 4.39 Å². The van der Waals surface area contributed by atoms with Gasteiger partial charge in [0, 0.05) is 26.2 Å². The Morgan fingerprint density at radius 2 is 2.09 bits per heavy atom. The van der Waals surface area contributed by atoms with E-state index in [1.165, 1.54) is 6.07 Å². The molecule has 23 heavy (non-hydrogen) atoms. The monoisotopic (exact) mass is 386 g/mol. The Balaban J connectivity index is 1.65. The van der Waals surface area contributed by atoms with Gasteiger partial charge in [-0.25, -0.2) is 4.39 Å². The minimum Gasteiger partial charge on any atom is -0.373 e. The second kappa shape index (κ2) is 8.76. The van der Waals surface area contributed by atoms with E-state index in [9.17, 15) is 9.18 Å². The molecule has 1 amide bonds. The molecular formula is C17H24BrFN2O2. The summed E-state index contributed by atoms with van der Waals surface area (Å²) in [6.45, 7) is 7.68. The van der Waals surface area contributed by atoms with Crippen LogP contribution in [0, 0.1) is 5.82 Å². The van der Waals surface area contributed by atoms with Crippen molar-refractivity contribution < 1.29 is 13.9 Å². The number of carbonyl (C=O) groups excluding carboxylic acids is 1. The third-order valence-corrected chi connectivity index (χ3v) is 4.42. The van der Waals surface area contributed by atoms with Crippen molar-refractivity contribution >= 4 is 21.8 Å². The third-order valence-electron chi connectivity index (χ3n) is 3.82. The molecule has 2 rings (SSSR count). The zero-order chi connectivity index (χ0) is 16.8. The van der Waals surface area contributed by atoms with E-state index in [0.717, 1.165) is 31.6 Å². The second-order valence-corrected chi connectivity index (χ2v) is 7.00. The number of nitrogens with one attached hydrogen (secondary N) is 1. The number of ether oxygens (including phenoxy) is 1. The van der Waals surface area contributed by atoms with Crippen LogP contribution in [-0.2, 0) is 16.0 Å². The second-order valence-electron chi connectivity index (χ2n) is 6.15. The minimum absolute atomic E-state index is 0.0350. The van der Waals surface area contributed by atoms with E-state index in [-0.39, 0.29) is 30.4 Å². The minimum atomic E-state index is -0.317. The predicted molar refractivity (Wildman–Crippen MR) is 91.9 cm³/mol. The molecule has 1 aromatic rings. The summed E-state index contributed by atoms with van der Waals surface area (Å²) in [4.78, 5) is 14.3. The van der Waals surface area contributed by atoms with Gasteiger partial charge in [-0.1, -0.05) is 6.07 Å². The third kappa shape index (κ3) is 6.20. The van der Waals surface area contributed by atoms with Crippen LogP contribution in [0.2, 0.25) is 0 Å². The van der Waals surface area contributed by atoms with Gasteiger partial charge in [-0.05, 0) is 53.9 Å². The maximum Gasteiger partial charge on any atom is 0.224 e. The highest BCUT2D eigenvalue weighted by molar-refractivity contribution is 9.10. The van der Waals surface area contributed by atoms with Crippen molar-refractivity contribution in [2.75, 3.05) is 26.2 Å². The van der Waals surface area contributed by atoms with Crippen LogP contribution < -0.4 is 5.32 Å². The van der Waals surface area contributed by atoms with Gasteiger partial charge < -0.3 is 10.1 Å². The summed E-state index contributed by atoms with van der Waals surface area (Å²) in [6, 6.07) is 4.65. The number of amides is 1. The maximum absolute atomic E-state index is 13.2. The lowest BCUT2D eigenvalue weighted by Crippen LogP contribution is -2.46. The molecule has 1 aromatic carbocycles. The van der Waals surface area contributed by atoms with Crippen molar-refractivity contribution in [2.24, 2.45) is 0 Å². The van der Waals surface area contributed by atoms with Crippen LogP contribution in [0.15, 0.2) is 22.7 Å². The first-order chi connectivity index (χ1) is 10.9.